The Balaban J connectivity index is 2.84. The average Bonchev–Trinajstić information content (AvgIpc) is 2.36. The number of methoxy groups -OCH3 is 1. The molecule has 0 unspecified atom stereocenters. The number of nitrogens with one attached hydrogen (secondary N) is 1. The van der Waals surface area contributed by atoms with Crippen LogP contribution in [0.3, 0.4) is 0 Å². The highest BCUT2D eigenvalue weighted by molar-refractivity contribution is 6.16. The third-order valence-corrected chi connectivity index (χ3v) is 2.14. The van der Waals surface area contributed by atoms with Gasteiger partial charge in [0.2, 0.25) is 0 Å². The predicted molar refractivity (Wildman–Crippen MR) is 76.4 cm³/mol. The van der Waals surface area contributed by atoms with Gasteiger partial charge in [0.15, 0.2) is 0 Å². The zero-order valence-corrected chi connectivity index (χ0v) is 11.9. The molecule has 20 heavy (non-hydrogen) atoms. The van der Waals surface area contributed by atoms with Crippen LogP contribution in [0.1, 0.15) is 10.4 Å². The van der Waals surface area contributed by atoms with E-state index in [-0.39, 0.29) is 11.3 Å². The molecule has 1 N–H and O–H groups in total. The molecule has 1 aromatic carbocycles. The number of halogens is 1. The molecule has 6 nitrogen and oxygen atoms in total. The third-order valence-electron chi connectivity index (χ3n) is 2.14. The van der Waals surface area contributed by atoms with Crippen molar-refractivity contribution >= 4 is 24.1 Å². The molecule has 0 bridgehead atoms. The van der Waals surface area contributed by atoms with Crippen molar-refractivity contribution in [1.29, 1.82) is 0 Å². The number of anilines is 1. The number of hydrogen-bond donors (Lipinski definition) is 1. The first-order chi connectivity index (χ1) is 9.35. The first-order valence-corrected chi connectivity index (χ1v) is 5.86. The van der Waals surface area contributed by atoms with Crippen molar-refractivity contribution in [1.82, 2.24) is 0 Å². The van der Waals surface area contributed by atoms with Crippen molar-refractivity contribution in [2.24, 2.45) is 10.2 Å². The second-order valence-electron chi connectivity index (χ2n) is 4.75. The molecule has 0 fully saturated rings. The fourth-order valence-electron chi connectivity index (χ4n) is 1.30. The molecule has 1 aromatic rings. The van der Waals surface area contributed by atoms with Gasteiger partial charge in [-0.3, -0.25) is 5.43 Å². The molecule has 1 rings (SSSR count). The molecule has 0 heterocycles. The summed E-state index contributed by atoms with van der Waals surface area (Å²) in [7, 11) is 6.86. The van der Waals surface area contributed by atoms with Gasteiger partial charge in [-0.2, -0.15) is 5.10 Å². The molecule has 0 saturated heterocycles. The number of hydrogen-bond acceptors (Lipinski definition) is 5. The minimum Gasteiger partial charge on any atom is -0.465 e. The van der Waals surface area contributed by atoms with E-state index in [4.69, 9.17) is 0 Å². The molecule has 108 valence electrons. The summed E-state index contributed by atoms with van der Waals surface area (Å²) in [6.07, 6.45) is 2.92. The van der Waals surface area contributed by atoms with Crippen LogP contribution in [0, 0.1) is 5.82 Å². The van der Waals surface area contributed by atoms with Crippen LogP contribution in [0.2, 0.25) is 0 Å². The van der Waals surface area contributed by atoms with E-state index in [9.17, 15) is 9.18 Å². The van der Waals surface area contributed by atoms with Crippen molar-refractivity contribution in [3.8, 4) is 0 Å². The van der Waals surface area contributed by atoms with Gasteiger partial charge in [0.05, 0.1) is 40.2 Å². The number of benzene rings is 1. The molecular formula is C13H18FN4O2+. The fraction of sp³-hybridized carbons (Fsp3) is 0.308. The summed E-state index contributed by atoms with van der Waals surface area (Å²) in [6, 6.07) is 4.18. The Morgan fingerprint density at radius 3 is 2.65 bits per heavy atom. The highest BCUT2D eigenvalue weighted by Crippen LogP contribution is 2.19. The van der Waals surface area contributed by atoms with Crippen molar-refractivity contribution < 1.29 is 18.5 Å². The second-order valence-corrected chi connectivity index (χ2v) is 4.75. The van der Waals surface area contributed by atoms with E-state index in [0.717, 1.165) is 0 Å². The monoisotopic (exact) mass is 281 g/mol. The second kappa shape index (κ2) is 6.76. The van der Waals surface area contributed by atoms with Crippen LogP contribution < -0.4 is 5.43 Å². The maximum atomic E-state index is 13.6. The lowest BCUT2D eigenvalue weighted by Crippen LogP contribution is -2.27. The summed E-state index contributed by atoms with van der Waals surface area (Å²) < 4.78 is 18.5. The molecule has 0 aliphatic carbocycles. The van der Waals surface area contributed by atoms with Crippen molar-refractivity contribution in [3.05, 3.63) is 29.6 Å². The molecule has 0 spiro atoms. The maximum Gasteiger partial charge on any atom is 0.343 e. The average molecular weight is 281 g/mol. The van der Waals surface area contributed by atoms with Gasteiger partial charge in [-0.25, -0.2) is 13.8 Å². The van der Waals surface area contributed by atoms with E-state index < -0.39 is 11.8 Å². The van der Waals surface area contributed by atoms with Gasteiger partial charge >= 0.3 is 5.97 Å². The lowest BCUT2D eigenvalue weighted by atomic mass is 10.1. The molecule has 0 radical (unpaired) electrons. The standard InChI is InChI=1S/C13H17FN4O2/c1-18(2,3)16-9-8-15-17-11-7-5-6-10(14)12(11)13(19)20-4/h5-9H,1-4H3/p+1. The van der Waals surface area contributed by atoms with Crippen molar-refractivity contribution in [3.63, 3.8) is 0 Å². The zero-order chi connectivity index (χ0) is 15.2. The van der Waals surface area contributed by atoms with Gasteiger partial charge in [-0.05, 0) is 12.1 Å². The van der Waals surface area contributed by atoms with Crippen LogP contribution >= 0.6 is 0 Å². The Morgan fingerprint density at radius 1 is 1.35 bits per heavy atom. The number of rotatable bonds is 5. The Morgan fingerprint density at radius 2 is 2.05 bits per heavy atom. The molecule has 7 heteroatoms. The zero-order valence-electron chi connectivity index (χ0n) is 11.9. The lowest BCUT2D eigenvalue weighted by Gasteiger charge is -2.13. The molecule has 0 amide bonds. The first kappa shape index (κ1) is 15.8. The highest BCUT2D eigenvalue weighted by atomic mass is 19.1. The first-order valence-electron chi connectivity index (χ1n) is 5.86. The SMILES string of the molecule is COC(=O)c1c(F)cccc1N/N=C/C=N/[N+](C)(C)C. The van der Waals surface area contributed by atoms with E-state index >= 15 is 0 Å². The van der Waals surface area contributed by atoms with E-state index in [1.54, 1.807) is 0 Å². The Bertz CT molecular complexity index is 536. The van der Waals surface area contributed by atoms with Crippen LogP contribution in [0.5, 0.6) is 0 Å². The summed E-state index contributed by atoms with van der Waals surface area (Å²) in [5, 5.41) is 7.99. The quantitative estimate of drug-likeness (QED) is 0.387. The number of carbonyl (C=O) groups is 1. The van der Waals surface area contributed by atoms with E-state index in [1.807, 2.05) is 21.1 Å². The summed E-state index contributed by atoms with van der Waals surface area (Å²) in [5.74, 6) is -1.43. The van der Waals surface area contributed by atoms with Gasteiger partial charge in [0.1, 0.15) is 17.6 Å². The number of ether oxygens (including phenoxy) is 1. The summed E-state index contributed by atoms with van der Waals surface area (Å²) in [4.78, 5) is 11.5. The Hall–Kier alpha value is -2.28. The molecule has 0 aromatic heterocycles. The summed E-state index contributed by atoms with van der Waals surface area (Å²) in [6.45, 7) is 0. The Labute approximate surface area is 117 Å². The number of carbonyl (C=O) groups excluding carboxylic acids is 1. The number of quaternary nitrogens is 1. The van der Waals surface area contributed by atoms with Crippen LogP contribution in [-0.4, -0.2) is 51.2 Å². The van der Waals surface area contributed by atoms with E-state index in [1.165, 1.54) is 37.7 Å². The normalized spacial score (nSPS) is 12.1. The molecule has 0 saturated carbocycles. The molecular weight excluding hydrogens is 263 g/mol. The van der Waals surface area contributed by atoms with Gasteiger partial charge in [0.25, 0.3) is 0 Å². The topological polar surface area (TPSA) is 63.0 Å². The van der Waals surface area contributed by atoms with Crippen LogP contribution in [0.25, 0.3) is 0 Å². The predicted octanol–water partition coefficient (Wildman–Crippen LogP) is 1.70. The van der Waals surface area contributed by atoms with Crippen molar-refractivity contribution in [2.45, 2.75) is 0 Å². The van der Waals surface area contributed by atoms with E-state index in [0.29, 0.717) is 4.59 Å². The highest BCUT2D eigenvalue weighted by Gasteiger charge is 2.16. The number of nitrogens with zero attached hydrogens (tertiary/aromatic N) is 3. The minimum atomic E-state index is -0.763. The van der Waals surface area contributed by atoms with Crippen LogP contribution in [-0.2, 0) is 4.74 Å². The van der Waals surface area contributed by atoms with Gasteiger partial charge in [0, 0.05) is 0 Å². The third kappa shape index (κ3) is 4.77. The number of hydrazone groups is 1. The molecule has 0 atom stereocenters. The minimum absolute atomic E-state index is 0.185. The summed E-state index contributed by atoms with van der Waals surface area (Å²) in [5.41, 5.74) is 2.63. The fourth-order valence-corrected chi connectivity index (χ4v) is 1.30. The lowest BCUT2D eigenvalue weighted by molar-refractivity contribution is -0.876. The van der Waals surface area contributed by atoms with Crippen LogP contribution in [0.4, 0.5) is 10.1 Å². The van der Waals surface area contributed by atoms with Gasteiger partial charge < -0.3 is 4.74 Å². The van der Waals surface area contributed by atoms with Crippen LogP contribution in [0.15, 0.2) is 28.4 Å². The molecule has 0 aliphatic heterocycles. The Kier molecular flexibility index (Phi) is 5.33. The molecule has 0 aliphatic rings. The van der Waals surface area contributed by atoms with E-state index in [2.05, 4.69) is 20.4 Å². The largest absolute Gasteiger partial charge is 0.465 e. The van der Waals surface area contributed by atoms with Gasteiger partial charge in [-0.1, -0.05) is 11.2 Å². The van der Waals surface area contributed by atoms with Crippen molar-refractivity contribution in [2.75, 3.05) is 33.7 Å². The maximum absolute atomic E-state index is 13.6. The number of esters is 1. The van der Waals surface area contributed by atoms with Gasteiger partial charge in [-0.15, -0.1) is 0 Å². The summed E-state index contributed by atoms with van der Waals surface area (Å²) >= 11 is 0. The smallest absolute Gasteiger partial charge is 0.343 e.